The molecule has 154 valence electrons. The minimum atomic E-state index is -0.407. The molecule has 0 bridgehead atoms. The molecule has 1 N–H and O–H groups in total. The van der Waals surface area contributed by atoms with Gasteiger partial charge in [0.25, 0.3) is 5.91 Å². The predicted octanol–water partition coefficient (Wildman–Crippen LogP) is 2.03. The summed E-state index contributed by atoms with van der Waals surface area (Å²) in [6, 6.07) is 3.60. The van der Waals surface area contributed by atoms with Gasteiger partial charge < -0.3 is 14.7 Å². The first-order chi connectivity index (χ1) is 13.8. The lowest BCUT2D eigenvalue weighted by atomic mass is 9.80. The molecule has 1 unspecified atom stereocenters. The Morgan fingerprint density at radius 2 is 2.10 bits per heavy atom. The van der Waals surface area contributed by atoms with Gasteiger partial charge in [0.2, 0.25) is 11.8 Å². The van der Waals surface area contributed by atoms with Crippen molar-refractivity contribution in [2.45, 2.75) is 52.0 Å². The van der Waals surface area contributed by atoms with E-state index in [1.165, 1.54) is 0 Å². The summed E-state index contributed by atoms with van der Waals surface area (Å²) in [6.45, 7) is 8.71. The predicted molar refractivity (Wildman–Crippen MR) is 105 cm³/mol. The van der Waals surface area contributed by atoms with E-state index in [1.54, 1.807) is 19.2 Å². The second-order valence-electron chi connectivity index (χ2n) is 8.67. The van der Waals surface area contributed by atoms with Gasteiger partial charge in [0, 0.05) is 36.9 Å². The molecule has 1 aliphatic heterocycles. The number of nitrogens with zero attached hydrogens (tertiary/aromatic N) is 4. The van der Waals surface area contributed by atoms with Crippen molar-refractivity contribution < 1.29 is 14.1 Å². The lowest BCUT2D eigenvalue weighted by Crippen LogP contribution is -2.40. The van der Waals surface area contributed by atoms with Gasteiger partial charge >= 0.3 is 0 Å². The number of pyridine rings is 1. The van der Waals surface area contributed by atoms with Crippen molar-refractivity contribution in [3.05, 3.63) is 41.3 Å². The minimum Gasteiger partial charge on any atom is -0.349 e. The third kappa shape index (κ3) is 3.52. The molecule has 0 spiro atoms. The van der Waals surface area contributed by atoms with Crippen LogP contribution < -0.4 is 5.32 Å². The molecule has 8 nitrogen and oxygen atoms in total. The maximum Gasteiger partial charge on any atom is 0.253 e. The van der Waals surface area contributed by atoms with Crippen molar-refractivity contribution in [3.8, 4) is 0 Å². The molecule has 0 radical (unpaired) electrons. The highest BCUT2D eigenvalue weighted by Crippen LogP contribution is 2.50. The summed E-state index contributed by atoms with van der Waals surface area (Å²) in [5.41, 5.74) is 1.01. The first-order valence-electron chi connectivity index (χ1n) is 10.1. The van der Waals surface area contributed by atoms with Gasteiger partial charge in [0.15, 0.2) is 5.82 Å². The Kier molecular flexibility index (Phi) is 4.88. The molecule has 2 amide bonds. The average Bonchev–Trinajstić information content (AvgIpc) is 3.34. The smallest absolute Gasteiger partial charge is 0.253 e. The first kappa shape index (κ1) is 19.5. The molecule has 4 rings (SSSR count). The SMILES string of the molecule is Cc1ccc(C(=O)N[C@@H]2CC3CN(C(=O)C(C)C)C[C@@]3(c3nc(C)no3)C2)cn1. The maximum absolute atomic E-state index is 12.7. The van der Waals surface area contributed by atoms with Gasteiger partial charge in [0.1, 0.15) is 0 Å². The van der Waals surface area contributed by atoms with Gasteiger partial charge in [0.05, 0.1) is 11.0 Å². The number of fused-ring (bicyclic) bond motifs is 1. The number of likely N-dealkylation sites (tertiary alicyclic amines) is 1. The van der Waals surface area contributed by atoms with Gasteiger partial charge in [-0.2, -0.15) is 4.98 Å². The number of carbonyl (C=O) groups is 2. The van der Waals surface area contributed by atoms with Crippen LogP contribution in [0.5, 0.6) is 0 Å². The number of aryl methyl sites for hydroxylation is 2. The van der Waals surface area contributed by atoms with E-state index < -0.39 is 5.41 Å². The van der Waals surface area contributed by atoms with Gasteiger partial charge in [-0.05, 0) is 44.7 Å². The van der Waals surface area contributed by atoms with E-state index in [4.69, 9.17) is 4.52 Å². The zero-order valence-electron chi connectivity index (χ0n) is 17.3. The number of amides is 2. The summed E-state index contributed by atoms with van der Waals surface area (Å²) in [6.07, 6.45) is 3.04. The lowest BCUT2D eigenvalue weighted by Gasteiger charge is -2.26. The quantitative estimate of drug-likeness (QED) is 0.847. The fourth-order valence-corrected chi connectivity index (χ4v) is 4.72. The number of carbonyl (C=O) groups excluding carboxylic acids is 2. The Hall–Kier alpha value is -2.77. The standard InChI is InChI=1S/C21H27N5O3/c1-12(2)19(28)26-10-16-7-17(24-18(27)15-6-5-13(3)22-9-15)8-21(16,11-26)20-23-14(4)25-29-20/h5-6,9,12,16-17H,7-8,10-11H2,1-4H3,(H,24,27)/t16?,17-,21+/m1/s1. The molecule has 0 aromatic carbocycles. The number of hydrogen-bond acceptors (Lipinski definition) is 6. The van der Waals surface area contributed by atoms with Crippen LogP contribution in [0.1, 0.15) is 54.5 Å². The van der Waals surface area contributed by atoms with Crippen LogP contribution in [-0.4, -0.2) is 51.0 Å². The van der Waals surface area contributed by atoms with E-state index in [2.05, 4.69) is 20.4 Å². The summed E-state index contributed by atoms with van der Waals surface area (Å²) >= 11 is 0. The molecule has 29 heavy (non-hydrogen) atoms. The minimum absolute atomic E-state index is 0.0164. The maximum atomic E-state index is 12.7. The van der Waals surface area contributed by atoms with Crippen molar-refractivity contribution in [1.29, 1.82) is 0 Å². The Morgan fingerprint density at radius 3 is 2.72 bits per heavy atom. The number of rotatable bonds is 4. The lowest BCUT2D eigenvalue weighted by molar-refractivity contribution is -0.133. The molecule has 2 aromatic heterocycles. The molecule has 3 atom stereocenters. The van der Waals surface area contributed by atoms with Crippen molar-refractivity contribution in [1.82, 2.24) is 25.3 Å². The molecule has 1 aliphatic carbocycles. The van der Waals surface area contributed by atoms with Crippen molar-refractivity contribution >= 4 is 11.8 Å². The van der Waals surface area contributed by atoms with Crippen LogP contribution in [0.4, 0.5) is 0 Å². The van der Waals surface area contributed by atoms with Gasteiger partial charge in [-0.25, -0.2) is 0 Å². The second kappa shape index (κ2) is 7.24. The molecular weight excluding hydrogens is 370 g/mol. The van der Waals surface area contributed by atoms with E-state index in [0.717, 1.165) is 12.1 Å². The summed E-state index contributed by atoms with van der Waals surface area (Å²) in [5, 5.41) is 7.12. The number of hydrogen-bond donors (Lipinski definition) is 1. The summed E-state index contributed by atoms with van der Waals surface area (Å²) in [4.78, 5) is 35.9. The normalized spacial score (nSPS) is 26.0. The average molecular weight is 397 g/mol. The van der Waals surface area contributed by atoms with Crippen LogP contribution in [0.25, 0.3) is 0 Å². The number of nitrogens with one attached hydrogen (secondary N) is 1. The highest BCUT2D eigenvalue weighted by molar-refractivity contribution is 5.94. The zero-order valence-corrected chi connectivity index (χ0v) is 17.3. The van der Waals surface area contributed by atoms with E-state index in [0.29, 0.717) is 36.8 Å². The Bertz CT molecular complexity index is 923. The van der Waals surface area contributed by atoms with Crippen molar-refractivity contribution in [2.24, 2.45) is 11.8 Å². The topological polar surface area (TPSA) is 101 Å². The van der Waals surface area contributed by atoms with E-state index >= 15 is 0 Å². The molecule has 1 saturated heterocycles. The Labute approximate surface area is 170 Å². The van der Waals surface area contributed by atoms with Crippen LogP contribution in [0, 0.1) is 25.7 Å². The van der Waals surface area contributed by atoms with Crippen LogP contribution in [0.2, 0.25) is 0 Å². The summed E-state index contributed by atoms with van der Waals surface area (Å²) < 4.78 is 5.57. The van der Waals surface area contributed by atoms with Crippen LogP contribution >= 0.6 is 0 Å². The van der Waals surface area contributed by atoms with Crippen molar-refractivity contribution in [3.63, 3.8) is 0 Å². The first-order valence-corrected chi connectivity index (χ1v) is 10.1. The van der Waals surface area contributed by atoms with E-state index in [9.17, 15) is 9.59 Å². The Balaban J connectivity index is 1.55. The molecule has 2 fully saturated rings. The summed E-state index contributed by atoms with van der Waals surface area (Å²) in [5.74, 6) is 1.29. The van der Waals surface area contributed by atoms with Crippen LogP contribution in [0.3, 0.4) is 0 Å². The highest BCUT2D eigenvalue weighted by Gasteiger charge is 2.58. The fourth-order valence-electron chi connectivity index (χ4n) is 4.72. The second-order valence-corrected chi connectivity index (χ2v) is 8.67. The van der Waals surface area contributed by atoms with Crippen molar-refractivity contribution in [2.75, 3.05) is 13.1 Å². The molecular formula is C21H27N5O3. The third-order valence-electron chi connectivity index (χ3n) is 6.14. The van der Waals surface area contributed by atoms with Gasteiger partial charge in [-0.1, -0.05) is 19.0 Å². The van der Waals surface area contributed by atoms with Crippen LogP contribution in [0.15, 0.2) is 22.9 Å². The Morgan fingerprint density at radius 1 is 1.31 bits per heavy atom. The van der Waals surface area contributed by atoms with Gasteiger partial charge in [-0.15, -0.1) is 0 Å². The fraction of sp³-hybridized carbons (Fsp3) is 0.571. The van der Waals surface area contributed by atoms with Gasteiger partial charge in [-0.3, -0.25) is 14.6 Å². The summed E-state index contributed by atoms with van der Waals surface area (Å²) in [7, 11) is 0. The van der Waals surface area contributed by atoms with E-state index in [-0.39, 0.29) is 29.7 Å². The molecule has 3 heterocycles. The zero-order chi connectivity index (χ0) is 20.8. The molecule has 2 aromatic rings. The molecule has 2 aliphatic rings. The molecule has 1 saturated carbocycles. The third-order valence-corrected chi connectivity index (χ3v) is 6.14. The number of aromatic nitrogens is 3. The largest absolute Gasteiger partial charge is 0.349 e. The molecule has 8 heteroatoms. The highest BCUT2D eigenvalue weighted by atomic mass is 16.5. The van der Waals surface area contributed by atoms with E-state index in [1.807, 2.05) is 31.7 Å². The monoisotopic (exact) mass is 397 g/mol. The van der Waals surface area contributed by atoms with Crippen LogP contribution in [-0.2, 0) is 10.2 Å².